The van der Waals surface area contributed by atoms with Crippen molar-refractivity contribution in [2.75, 3.05) is 30.8 Å². The van der Waals surface area contributed by atoms with Crippen LogP contribution in [0.1, 0.15) is 48.3 Å². The number of carbonyl (C=O) groups excluding carboxylic acids is 3. The molecule has 2 fully saturated rings. The quantitative estimate of drug-likeness (QED) is 0.151. The van der Waals surface area contributed by atoms with Crippen LogP contribution in [0.5, 0.6) is 5.75 Å². The number of aromatic nitrogens is 3. The van der Waals surface area contributed by atoms with E-state index in [9.17, 15) is 19.2 Å². The van der Waals surface area contributed by atoms with E-state index in [0.717, 1.165) is 29.8 Å². The smallest absolute Gasteiger partial charge is 0.276 e. The molecule has 0 aliphatic carbocycles. The van der Waals surface area contributed by atoms with Crippen LogP contribution < -0.4 is 26.2 Å². The number of H-pyrrole nitrogens is 1. The van der Waals surface area contributed by atoms with Crippen LogP contribution in [0, 0.1) is 5.82 Å². The lowest BCUT2D eigenvalue weighted by Crippen LogP contribution is -2.47. The van der Waals surface area contributed by atoms with Crippen LogP contribution in [-0.4, -0.2) is 63.6 Å². The second kappa shape index (κ2) is 14.7. The lowest BCUT2D eigenvalue weighted by molar-refractivity contribution is -0.134. The molecule has 2 aliphatic rings. The van der Waals surface area contributed by atoms with Gasteiger partial charge >= 0.3 is 0 Å². The molecule has 7 rings (SSSR count). The highest BCUT2D eigenvalue weighted by Crippen LogP contribution is 2.34. The lowest BCUT2D eigenvalue weighted by Gasteiger charge is -2.32. The third kappa shape index (κ3) is 7.25. The molecule has 0 bridgehead atoms. The van der Waals surface area contributed by atoms with E-state index >= 15 is 4.39 Å². The van der Waals surface area contributed by atoms with E-state index < -0.39 is 11.9 Å². The highest BCUT2D eigenvalue weighted by molar-refractivity contribution is 6.01. The fourth-order valence-corrected chi connectivity index (χ4v) is 7.07. The summed E-state index contributed by atoms with van der Waals surface area (Å²) in [4.78, 5) is 51.0. The fraction of sp³-hybridized carbons (Fsp3) is 0.308. The number of carbonyl (C=O) groups is 3. The molecule has 12 nitrogen and oxygen atoms in total. The van der Waals surface area contributed by atoms with Crippen LogP contribution in [-0.2, 0) is 34.4 Å². The number of piperidine rings is 2. The monoisotopic (exact) mass is 705 g/mol. The van der Waals surface area contributed by atoms with Crippen molar-refractivity contribution in [3.05, 3.63) is 106 Å². The molecule has 4 N–H and O–H groups in total. The summed E-state index contributed by atoms with van der Waals surface area (Å²) in [5.41, 5.74) is 5.43. The average molecular weight is 706 g/mol. The van der Waals surface area contributed by atoms with Gasteiger partial charge in [0.05, 0.1) is 19.7 Å². The maximum Gasteiger partial charge on any atom is 0.276 e. The maximum absolute atomic E-state index is 15.5. The number of imide groups is 1. The molecule has 3 amide bonds. The lowest BCUT2D eigenvalue weighted by atomic mass is 9.89. The zero-order valence-electron chi connectivity index (χ0n) is 29.0. The summed E-state index contributed by atoms with van der Waals surface area (Å²) in [7, 11) is 3.13. The second-order valence-corrected chi connectivity index (χ2v) is 13.4. The predicted molar refractivity (Wildman–Crippen MR) is 196 cm³/mol. The van der Waals surface area contributed by atoms with Gasteiger partial charge in [-0.05, 0) is 78.3 Å². The molecule has 1 unspecified atom stereocenters. The van der Waals surface area contributed by atoms with Crippen LogP contribution in [0.4, 0.5) is 15.8 Å². The van der Waals surface area contributed by atoms with Crippen molar-refractivity contribution in [3.8, 4) is 16.9 Å². The molecule has 0 radical (unpaired) electrons. The van der Waals surface area contributed by atoms with Crippen molar-refractivity contribution < 1.29 is 23.5 Å². The molecule has 52 heavy (non-hydrogen) atoms. The Kier molecular flexibility index (Phi) is 9.75. The Hall–Kier alpha value is -5.98. The summed E-state index contributed by atoms with van der Waals surface area (Å²) in [6, 6.07) is 18.4. The standard InChI is InChI=1S/C39H40FN7O5/c1-46-22-31(29-21-42-45-37(29)39(46)51)26-18-32(40)30(34(19-26)52-2)20-41-27-7-3-23(4-8-27)17-36(49)47-15-13-25(14-16-47)24-5-9-28(10-6-24)43-33-11-12-35(48)44-38(33)50/h3-10,18-19,21-22,25,33,41,43H,11-17,20H2,1-2H3,(H,42,45)(H,44,48,50). The first kappa shape index (κ1) is 34.5. The number of benzene rings is 3. The van der Waals surface area contributed by atoms with Crippen LogP contribution in [0.25, 0.3) is 22.0 Å². The Morgan fingerprint density at radius 3 is 2.44 bits per heavy atom. The van der Waals surface area contributed by atoms with Gasteiger partial charge in [-0.3, -0.25) is 29.6 Å². The molecule has 0 spiro atoms. The van der Waals surface area contributed by atoms with E-state index in [0.29, 0.717) is 71.6 Å². The van der Waals surface area contributed by atoms with E-state index in [2.05, 4.69) is 38.3 Å². The molecular formula is C39H40FN7O5. The number of aromatic amines is 1. The van der Waals surface area contributed by atoms with Crippen molar-refractivity contribution in [3.63, 3.8) is 0 Å². The molecule has 2 aromatic heterocycles. The topological polar surface area (TPSA) is 150 Å². The highest BCUT2D eigenvalue weighted by Gasteiger charge is 2.27. The summed E-state index contributed by atoms with van der Waals surface area (Å²) in [5.74, 6) is -0.169. The van der Waals surface area contributed by atoms with Gasteiger partial charge in [-0.2, -0.15) is 5.10 Å². The van der Waals surface area contributed by atoms with Crippen molar-refractivity contribution in [2.45, 2.75) is 50.6 Å². The van der Waals surface area contributed by atoms with Gasteiger partial charge in [0.2, 0.25) is 17.7 Å². The van der Waals surface area contributed by atoms with E-state index in [1.807, 2.05) is 41.3 Å². The number of methoxy groups -OCH3 is 1. The first-order valence-corrected chi connectivity index (χ1v) is 17.4. The number of rotatable bonds is 10. The Labute approximate surface area is 299 Å². The first-order valence-electron chi connectivity index (χ1n) is 17.4. The summed E-state index contributed by atoms with van der Waals surface area (Å²) in [6.45, 7) is 1.54. The van der Waals surface area contributed by atoms with Crippen LogP contribution in [0.3, 0.4) is 0 Å². The van der Waals surface area contributed by atoms with E-state index in [1.54, 1.807) is 25.5 Å². The normalized spacial score (nSPS) is 16.5. The number of likely N-dealkylation sites (tertiary alicyclic amines) is 1. The molecule has 13 heteroatoms. The SMILES string of the molecule is COc1cc(-c2cn(C)c(=O)c3[nH]ncc23)cc(F)c1CNc1ccc(CC(=O)N2CCC(c3ccc(NC4CCC(=O)NC4=O)cc3)CC2)cc1. The molecule has 3 aromatic carbocycles. The number of pyridine rings is 1. The Morgan fingerprint density at radius 1 is 1.00 bits per heavy atom. The number of amides is 3. The van der Waals surface area contributed by atoms with Crippen molar-refractivity contribution in [2.24, 2.45) is 7.05 Å². The summed E-state index contributed by atoms with van der Waals surface area (Å²) >= 11 is 0. The molecule has 1 atom stereocenters. The average Bonchev–Trinajstić information content (AvgIpc) is 3.65. The van der Waals surface area contributed by atoms with Gasteiger partial charge in [0, 0.05) is 67.2 Å². The van der Waals surface area contributed by atoms with Crippen molar-refractivity contribution >= 4 is 40.0 Å². The third-order valence-electron chi connectivity index (χ3n) is 10.1. The minimum atomic E-state index is -0.447. The maximum atomic E-state index is 15.5. The van der Waals surface area contributed by atoms with Gasteiger partial charge in [0.25, 0.3) is 5.56 Å². The van der Waals surface area contributed by atoms with Gasteiger partial charge in [-0.25, -0.2) is 4.39 Å². The number of anilines is 2. The van der Waals surface area contributed by atoms with E-state index in [4.69, 9.17) is 4.74 Å². The summed E-state index contributed by atoms with van der Waals surface area (Å²) < 4.78 is 22.5. The Bertz CT molecular complexity index is 2190. The molecular weight excluding hydrogens is 665 g/mol. The van der Waals surface area contributed by atoms with Crippen LogP contribution in [0.2, 0.25) is 0 Å². The van der Waals surface area contributed by atoms with Gasteiger partial charge in [0.1, 0.15) is 23.1 Å². The van der Waals surface area contributed by atoms with Gasteiger partial charge in [0.15, 0.2) is 0 Å². The number of nitrogens with one attached hydrogen (secondary N) is 4. The molecule has 2 saturated heterocycles. The van der Waals surface area contributed by atoms with E-state index in [-0.39, 0.29) is 29.8 Å². The first-order chi connectivity index (χ1) is 25.2. The zero-order valence-corrected chi connectivity index (χ0v) is 29.0. The Balaban J connectivity index is 0.910. The molecule has 0 saturated carbocycles. The number of hydrogen-bond acceptors (Lipinski definition) is 8. The molecule has 4 heterocycles. The van der Waals surface area contributed by atoms with E-state index in [1.165, 1.54) is 23.3 Å². The van der Waals surface area contributed by atoms with Crippen molar-refractivity contribution in [1.29, 1.82) is 0 Å². The summed E-state index contributed by atoms with van der Waals surface area (Å²) in [5, 5.41) is 16.2. The number of halogens is 1. The largest absolute Gasteiger partial charge is 0.496 e. The number of ether oxygens (including phenoxy) is 1. The summed E-state index contributed by atoms with van der Waals surface area (Å²) in [6.07, 6.45) is 6.06. The molecule has 5 aromatic rings. The van der Waals surface area contributed by atoms with Gasteiger partial charge in [-0.1, -0.05) is 24.3 Å². The minimum absolute atomic E-state index is 0.0843. The third-order valence-corrected chi connectivity index (χ3v) is 10.1. The number of fused-ring (bicyclic) bond motifs is 1. The second-order valence-electron chi connectivity index (χ2n) is 13.4. The zero-order chi connectivity index (χ0) is 36.4. The van der Waals surface area contributed by atoms with Crippen LogP contribution >= 0.6 is 0 Å². The molecule has 2 aliphatic heterocycles. The number of aryl methyl sites for hydroxylation is 1. The predicted octanol–water partition coefficient (Wildman–Crippen LogP) is 4.85. The Morgan fingerprint density at radius 2 is 1.73 bits per heavy atom. The van der Waals surface area contributed by atoms with Gasteiger partial charge < -0.3 is 24.8 Å². The number of nitrogens with zero attached hydrogens (tertiary/aromatic N) is 3. The molecule has 268 valence electrons. The fourth-order valence-electron chi connectivity index (χ4n) is 7.07. The number of hydrogen-bond donors (Lipinski definition) is 4. The minimum Gasteiger partial charge on any atom is -0.496 e. The highest BCUT2D eigenvalue weighted by atomic mass is 19.1. The van der Waals surface area contributed by atoms with Crippen LogP contribution in [0.15, 0.2) is 77.9 Å². The van der Waals surface area contributed by atoms with Gasteiger partial charge in [-0.15, -0.1) is 0 Å². The van der Waals surface area contributed by atoms with Crippen molar-refractivity contribution in [1.82, 2.24) is 25.0 Å².